The number of carbonyl (C=O) groups excluding carboxylic acids is 1. The highest BCUT2D eigenvalue weighted by molar-refractivity contribution is 6.05. The molecule has 0 bridgehead atoms. The number of aromatic nitrogens is 2. The number of hydrogen-bond acceptors (Lipinski definition) is 6. The van der Waals surface area contributed by atoms with E-state index in [4.69, 9.17) is 4.74 Å². The van der Waals surface area contributed by atoms with E-state index in [0.29, 0.717) is 53.5 Å². The summed E-state index contributed by atoms with van der Waals surface area (Å²) in [6, 6.07) is 8.16. The smallest absolute Gasteiger partial charge is 0.416 e. The Balaban J connectivity index is 1.66. The zero-order valence-electron chi connectivity index (χ0n) is 18.1. The Morgan fingerprint density at radius 3 is 2.67 bits per heavy atom. The molecule has 2 aromatic carbocycles. The quantitative estimate of drug-likeness (QED) is 0.578. The van der Waals surface area contributed by atoms with Gasteiger partial charge in [0.25, 0.3) is 5.91 Å². The normalized spacial score (nSPS) is 13.9. The minimum absolute atomic E-state index is 0.171. The van der Waals surface area contributed by atoms with Crippen molar-refractivity contribution >= 4 is 34.0 Å². The number of carbonyl (C=O) groups is 1. The lowest BCUT2D eigenvalue weighted by atomic mass is 10.1. The van der Waals surface area contributed by atoms with Crippen molar-refractivity contribution in [2.45, 2.75) is 6.18 Å². The Kier molecular flexibility index (Phi) is 6.19. The zero-order chi connectivity index (χ0) is 23.6. The Bertz CT molecular complexity index is 1190. The number of nitrogens with one attached hydrogen (secondary N) is 1. The standard InChI is InChI=1S/C23H22F3N5O2/c1-30(2)9-3-4-21(32)31-10-11-33-20-13-18-17(12-19(20)31)22(28-14-27-18)29-16-7-5-15(6-8-16)23(24,25)26/h3-8,12-14H,9-11H2,1-2H3,(H,27,28,29)/b4-3+. The average Bonchev–Trinajstić information content (AvgIpc) is 2.77. The van der Waals surface area contributed by atoms with Crippen molar-refractivity contribution in [1.29, 1.82) is 0 Å². The third-order valence-corrected chi connectivity index (χ3v) is 5.05. The Hall–Kier alpha value is -3.66. The predicted molar refractivity (Wildman–Crippen MR) is 120 cm³/mol. The van der Waals surface area contributed by atoms with E-state index in [1.54, 1.807) is 23.1 Å². The summed E-state index contributed by atoms with van der Waals surface area (Å²) in [6.45, 7) is 1.38. The minimum Gasteiger partial charge on any atom is -0.489 e. The molecule has 0 fully saturated rings. The fraction of sp³-hybridized carbons (Fsp3) is 0.261. The molecule has 1 aliphatic rings. The van der Waals surface area contributed by atoms with Gasteiger partial charge >= 0.3 is 6.18 Å². The van der Waals surface area contributed by atoms with Gasteiger partial charge in [0.2, 0.25) is 0 Å². The van der Waals surface area contributed by atoms with Crippen LogP contribution in [0.4, 0.5) is 30.4 Å². The van der Waals surface area contributed by atoms with Gasteiger partial charge in [-0.05, 0) is 44.4 Å². The molecule has 0 radical (unpaired) electrons. The first-order valence-corrected chi connectivity index (χ1v) is 10.2. The maximum Gasteiger partial charge on any atom is 0.416 e. The van der Waals surface area contributed by atoms with E-state index in [0.717, 1.165) is 12.1 Å². The molecule has 172 valence electrons. The van der Waals surface area contributed by atoms with Crippen LogP contribution in [0.15, 0.2) is 54.9 Å². The highest BCUT2D eigenvalue weighted by atomic mass is 19.4. The largest absolute Gasteiger partial charge is 0.489 e. The molecule has 4 rings (SSSR count). The minimum atomic E-state index is -4.41. The highest BCUT2D eigenvalue weighted by Crippen LogP contribution is 2.38. The summed E-state index contributed by atoms with van der Waals surface area (Å²) >= 11 is 0. The van der Waals surface area contributed by atoms with Gasteiger partial charge in [0.15, 0.2) is 0 Å². The van der Waals surface area contributed by atoms with Gasteiger partial charge in [-0.15, -0.1) is 0 Å². The first-order valence-electron chi connectivity index (χ1n) is 10.2. The van der Waals surface area contributed by atoms with E-state index in [1.807, 2.05) is 19.0 Å². The van der Waals surface area contributed by atoms with Gasteiger partial charge in [0.05, 0.1) is 23.3 Å². The summed E-state index contributed by atoms with van der Waals surface area (Å²) in [5.41, 5.74) is 0.869. The van der Waals surface area contributed by atoms with Gasteiger partial charge in [-0.25, -0.2) is 9.97 Å². The van der Waals surface area contributed by atoms with E-state index in [1.165, 1.54) is 24.5 Å². The van der Waals surface area contributed by atoms with Crippen molar-refractivity contribution in [1.82, 2.24) is 14.9 Å². The monoisotopic (exact) mass is 457 g/mol. The molecular weight excluding hydrogens is 435 g/mol. The molecule has 0 aliphatic carbocycles. The lowest BCUT2D eigenvalue weighted by molar-refractivity contribution is -0.137. The van der Waals surface area contributed by atoms with Crippen LogP contribution >= 0.6 is 0 Å². The maximum absolute atomic E-state index is 12.8. The molecule has 0 atom stereocenters. The number of nitrogens with zero attached hydrogens (tertiary/aromatic N) is 4. The SMILES string of the molecule is CN(C)C/C=C/C(=O)N1CCOc2cc3ncnc(Nc4ccc(C(F)(F)F)cc4)c3cc21. The van der Waals surface area contributed by atoms with E-state index < -0.39 is 11.7 Å². The summed E-state index contributed by atoms with van der Waals surface area (Å²) in [5.74, 6) is 0.765. The van der Waals surface area contributed by atoms with Gasteiger partial charge in [0.1, 0.15) is 24.5 Å². The lowest BCUT2D eigenvalue weighted by Gasteiger charge is -2.29. The molecule has 2 heterocycles. The van der Waals surface area contributed by atoms with Crippen LogP contribution in [0.3, 0.4) is 0 Å². The van der Waals surface area contributed by atoms with E-state index in [2.05, 4.69) is 15.3 Å². The van der Waals surface area contributed by atoms with Gasteiger partial charge in [-0.2, -0.15) is 13.2 Å². The van der Waals surface area contributed by atoms with Crippen LogP contribution in [0.2, 0.25) is 0 Å². The van der Waals surface area contributed by atoms with Crippen molar-refractivity contribution in [3.63, 3.8) is 0 Å². The average molecular weight is 457 g/mol. The molecule has 0 saturated heterocycles. The summed E-state index contributed by atoms with van der Waals surface area (Å²) in [4.78, 5) is 24.9. The second kappa shape index (κ2) is 9.07. The highest BCUT2D eigenvalue weighted by Gasteiger charge is 2.30. The Labute approximate surface area is 188 Å². The van der Waals surface area contributed by atoms with Crippen molar-refractivity contribution in [2.75, 3.05) is 44.0 Å². The van der Waals surface area contributed by atoms with Crippen LogP contribution in [0.1, 0.15) is 5.56 Å². The molecule has 3 aromatic rings. The molecule has 0 unspecified atom stereocenters. The number of alkyl halides is 3. The van der Waals surface area contributed by atoms with Gasteiger partial charge in [-0.1, -0.05) is 6.08 Å². The number of rotatable bonds is 5. The second-order valence-electron chi connectivity index (χ2n) is 7.76. The first-order chi connectivity index (χ1) is 15.7. The number of anilines is 3. The number of amides is 1. The Morgan fingerprint density at radius 1 is 1.21 bits per heavy atom. The third kappa shape index (κ3) is 5.06. The molecule has 1 N–H and O–H groups in total. The lowest BCUT2D eigenvalue weighted by Crippen LogP contribution is -2.37. The molecule has 10 heteroatoms. The topological polar surface area (TPSA) is 70.6 Å². The molecule has 33 heavy (non-hydrogen) atoms. The van der Waals surface area contributed by atoms with Crippen molar-refractivity contribution in [3.8, 4) is 5.75 Å². The maximum atomic E-state index is 12.8. The first kappa shape index (κ1) is 22.5. The van der Waals surface area contributed by atoms with Crippen LogP contribution in [0, 0.1) is 0 Å². The fourth-order valence-electron chi connectivity index (χ4n) is 3.43. The molecule has 7 nitrogen and oxygen atoms in total. The fourth-order valence-corrected chi connectivity index (χ4v) is 3.43. The summed E-state index contributed by atoms with van der Waals surface area (Å²) in [6.07, 6.45) is 0.272. The molecule has 0 saturated carbocycles. The van der Waals surface area contributed by atoms with E-state index in [9.17, 15) is 18.0 Å². The van der Waals surface area contributed by atoms with Crippen LogP contribution < -0.4 is 15.0 Å². The molecule has 1 aliphatic heterocycles. The van der Waals surface area contributed by atoms with Crippen molar-refractivity contribution < 1.29 is 22.7 Å². The van der Waals surface area contributed by atoms with Gasteiger partial charge in [-0.3, -0.25) is 4.79 Å². The molecule has 1 amide bonds. The van der Waals surface area contributed by atoms with Gasteiger partial charge < -0.3 is 19.9 Å². The number of ether oxygens (including phenoxy) is 1. The van der Waals surface area contributed by atoms with Crippen molar-refractivity contribution in [3.05, 3.63) is 60.4 Å². The molecule has 1 aromatic heterocycles. The van der Waals surface area contributed by atoms with E-state index >= 15 is 0 Å². The van der Waals surface area contributed by atoms with Crippen LogP contribution in [-0.2, 0) is 11.0 Å². The van der Waals surface area contributed by atoms with Crippen LogP contribution in [0.5, 0.6) is 5.75 Å². The summed E-state index contributed by atoms with van der Waals surface area (Å²) < 4.78 is 44.3. The van der Waals surface area contributed by atoms with Crippen molar-refractivity contribution in [2.24, 2.45) is 0 Å². The summed E-state index contributed by atoms with van der Waals surface area (Å²) in [5, 5.41) is 3.65. The third-order valence-electron chi connectivity index (χ3n) is 5.05. The number of halogens is 3. The number of fused-ring (bicyclic) bond motifs is 2. The zero-order valence-corrected chi connectivity index (χ0v) is 18.1. The number of hydrogen-bond donors (Lipinski definition) is 1. The predicted octanol–water partition coefficient (Wildman–Crippen LogP) is 4.24. The number of likely N-dealkylation sites (N-methyl/N-ethyl adjacent to an activating group) is 1. The second-order valence-corrected chi connectivity index (χ2v) is 7.76. The van der Waals surface area contributed by atoms with E-state index in [-0.39, 0.29) is 5.91 Å². The number of benzene rings is 2. The summed E-state index contributed by atoms with van der Waals surface area (Å²) in [7, 11) is 3.83. The molecule has 0 spiro atoms. The van der Waals surface area contributed by atoms with Crippen LogP contribution in [-0.4, -0.2) is 54.6 Å². The Morgan fingerprint density at radius 2 is 1.97 bits per heavy atom. The van der Waals surface area contributed by atoms with Crippen LogP contribution in [0.25, 0.3) is 10.9 Å². The van der Waals surface area contributed by atoms with Gasteiger partial charge in [0, 0.05) is 29.8 Å². The molecular formula is C23H22F3N5O2.